The zero-order valence-electron chi connectivity index (χ0n) is 15.3. The number of nitrogens with zero attached hydrogens (tertiary/aromatic N) is 3. The van der Waals surface area contributed by atoms with Crippen LogP contribution in [0.15, 0.2) is 5.11 Å². The molecular weight excluding hydrogens is 278 g/mol. The van der Waals surface area contributed by atoms with E-state index < -0.39 is 0 Å². The highest BCUT2D eigenvalue weighted by atomic mass is 16.5. The molecule has 0 aliphatic carbocycles. The molecule has 2 aliphatic heterocycles. The van der Waals surface area contributed by atoms with Gasteiger partial charge in [0.15, 0.2) is 0 Å². The van der Waals surface area contributed by atoms with Crippen LogP contribution in [0.5, 0.6) is 0 Å². The summed E-state index contributed by atoms with van der Waals surface area (Å²) in [6.07, 6.45) is 2.02. The van der Waals surface area contributed by atoms with Crippen molar-refractivity contribution < 1.29 is 9.47 Å². The van der Waals surface area contributed by atoms with Gasteiger partial charge in [0.25, 0.3) is 0 Å². The first kappa shape index (κ1) is 19.3. The molecular formula is C17H33N3O2. The molecule has 2 heterocycles. The standard InChI is InChI=1S/C9H18O.C8H15N3O/c1-7-5-9(3,4)10-6-8(7)2;1-6-5-12-8(2,3)4-7(6)10-11-9/h7-8H,5-6H2,1-4H3;6-7H,4-5H2,1-3H3/t7-,8-;6-,7+/m00/s1. The summed E-state index contributed by atoms with van der Waals surface area (Å²) >= 11 is 0. The van der Waals surface area contributed by atoms with Gasteiger partial charge in [-0.2, -0.15) is 0 Å². The summed E-state index contributed by atoms with van der Waals surface area (Å²) in [5.41, 5.74) is 8.32. The third-order valence-electron chi connectivity index (χ3n) is 4.82. The number of ether oxygens (including phenoxy) is 2. The Bertz CT molecular complexity index is 403. The van der Waals surface area contributed by atoms with E-state index in [1.54, 1.807) is 0 Å². The molecule has 22 heavy (non-hydrogen) atoms. The van der Waals surface area contributed by atoms with E-state index in [-0.39, 0.29) is 17.2 Å². The van der Waals surface area contributed by atoms with Gasteiger partial charge in [0.1, 0.15) is 0 Å². The Morgan fingerprint density at radius 2 is 1.36 bits per heavy atom. The number of hydrogen-bond donors (Lipinski definition) is 0. The third kappa shape index (κ3) is 6.15. The van der Waals surface area contributed by atoms with Gasteiger partial charge in [-0.25, -0.2) is 0 Å². The van der Waals surface area contributed by atoms with Crippen LogP contribution in [0.25, 0.3) is 10.4 Å². The van der Waals surface area contributed by atoms with Gasteiger partial charge in [-0.15, -0.1) is 0 Å². The summed E-state index contributed by atoms with van der Waals surface area (Å²) in [6.45, 7) is 16.7. The maximum Gasteiger partial charge on any atom is 0.0630 e. The van der Waals surface area contributed by atoms with E-state index in [4.69, 9.17) is 15.0 Å². The molecule has 2 rings (SSSR count). The van der Waals surface area contributed by atoms with Crippen LogP contribution in [-0.2, 0) is 9.47 Å². The maximum absolute atomic E-state index is 8.32. The molecule has 0 unspecified atom stereocenters. The van der Waals surface area contributed by atoms with Gasteiger partial charge in [0, 0.05) is 11.0 Å². The van der Waals surface area contributed by atoms with Crippen molar-refractivity contribution in [1.29, 1.82) is 0 Å². The quantitative estimate of drug-likeness (QED) is 0.390. The van der Waals surface area contributed by atoms with Crippen molar-refractivity contribution in [3.63, 3.8) is 0 Å². The fourth-order valence-corrected chi connectivity index (χ4v) is 3.01. The van der Waals surface area contributed by atoms with E-state index in [1.807, 2.05) is 13.8 Å². The van der Waals surface area contributed by atoms with Gasteiger partial charge in [-0.1, -0.05) is 25.9 Å². The van der Waals surface area contributed by atoms with Gasteiger partial charge in [-0.3, -0.25) is 0 Å². The molecule has 2 fully saturated rings. The molecule has 4 atom stereocenters. The van der Waals surface area contributed by atoms with E-state index in [2.05, 4.69) is 44.6 Å². The van der Waals surface area contributed by atoms with Crippen LogP contribution in [-0.4, -0.2) is 30.5 Å². The Balaban J connectivity index is 0.000000224. The van der Waals surface area contributed by atoms with Gasteiger partial charge in [0.2, 0.25) is 0 Å². The second kappa shape index (κ2) is 7.67. The molecule has 0 bridgehead atoms. The zero-order chi connectivity index (χ0) is 17.0. The predicted molar refractivity (Wildman–Crippen MR) is 89.7 cm³/mol. The van der Waals surface area contributed by atoms with E-state index in [0.717, 1.165) is 24.9 Å². The van der Waals surface area contributed by atoms with Gasteiger partial charge < -0.3 is 9.47 Å². The third-order valence-corrected chi connectivity index (χ3v) is 4.82. The van der Waals surface area contributed by atoms with Crippen molar-refractivity contribution in [3.05, 3.63) is 10.4 Å². The highest BCUT2D eigenvalue weighted by Crippen LogP contribution is 2.31. The topological polar surface area (TPSA) is 67.2 Å². The van der Waals surface area contributed by atoms with Crippen molar-refractivity contribution >= 4 is 0 Å². The molecule has 0 saturated carbocycles. The van der Waals surface area contributed by atoms with Crippen LogP contribution >= 0.6 is 0 Å². The number of rotatable bonds is 1. The van der Waals surface area contributed by atoms with Crippen LogP contribution in [0, 0.1) is 17.8 Å². The summed E-state index contributed by atoms with van der Waals surface area (Å²) in [6, 6.07) is 0.0961. The summed E-state index contributed by atoms with van der Waals surface area (Å²) < 4.78 is 11.2. The maximum atomic E-state index is 8.32. The van der Waals surface area contributed by atoms with Crippen molar-refractivity contribution in [2.24, 2.45) is 22.9 Å². The lowest BCUT2D eigenvalue weighted by Gasteiger charge is -2.37. The Kier molecular flexibility index (Phi) is 6.72. The normalized spacial score (nSPS) is 36.5. The van der Waals surface area contributed by atoms with E-state index in [9.17, 15) is 0 Å². The van der Waals surface area contributed by atoms with Crippen LogP contribution < -0.4 is 0 Å². The average Bonchev–Trinajstić information content (AvgIpc) is 2.39. The van der Waals surface area contributed by atoms with E-state index in [1.165, 1.54) is 6.42 Å². The Labute approximate surface area is 135 Å². The largest absolute Gasteiger partial charge is 0.375 e. The highest BCUT2D eigenvalue weighted by molar-refractivity contribution is 4.86. The minimum absolute atomic E-state index is 0.0961. The fraction of sp³-hybridized carbons (Fsp3) is 1.00. The first-order valence-electron chi connectivity index (χ1n) is 8.38. The second-order valence-corrected chi connectivity index (χ2v) is 8.25. The molecule has 5 nitrogen and oxygen atoms in total. The van der Waals surface area contributed by atoms with E-state index in [0.29, 0.717) is 12.5 Å². The van der Waals surface area contributed by atoms with Crippen molar-refractivity contribution in [2.45, 2.75) is 78.6 Å². The first-order chi connectivity index (χ1) is 10.1. The van der Waals surface area contributed by atoms with Gasteiger partial charge in [-0.05, 0) is 63.8 Å². The molecule has 0 spiro atoms. The lowest BCUT2D eigenvalue weighted by Crippen LogP contribution is -2.40. The fourth-order valence-electron chi connectivity index (χ4n) is 3.01. The van der Waals surface area contributed by atoms with Crippen molar-refractivity contribution in [3.8, 4) is 0 Å². The molecule has 128 valence electrons. The molecule has 0 radical (unpaired) electrons. The molecule has 2 saturated heterocycles. The highest BCUT2D eigenvalue weighted by Gasteiger charge is 2.32. The zero-order valence-corrected chi connectivity index (χ0v) is 15.3. The van der Waals surface area contributed by atoms with Crippen LogP contribution in [0.3, 0.4) is 0 Å². The number of azide groups is 1. The monoisotopic (exact) mass is 311 g/mol. The molecule has 0 amide bonds. The SMILES string of the molecule is C[C@H]1COC(C)(C)C[C@@H]1C.C[C@H]1COC(C)(C)C[C@H]1N=[N+]=[N-]. The summed E-state index contributed by atoms with van der Waals surface area (Å²) in [7, 11) is 0. The van der Waals surface area contributed by atoms with Crippen molar-refractivity contribution in [2.75, 3.05) is 13.2 Å². The molecule has 0 aromatic carbocycles. The lowest BCUT2D eigenvalue weighted by atomic mass is 9.83. The smallest absolute Gasteiger partial charge is 0.0630 e. The Hall–Kier alpha value is -0.770. The minimum atomic E-state index is -0.134. The molecule has 0 aromatic rings. The Morgan fingerprint density at radius 3 is 1.82 bits per heavy atom. The second-order valence-electron chi connectivity index (χ2n) is 8.25. The van der Waals surface area contributed by atoms with Crippen molar-refractivity contribution in [1.82, 2.24) is 0 Å². The minimum Gasteiger partial charge on any atom is -0.375 e. The molecule has 0 aromatic heterocycles. The van der Waals surface area contributed by atoms with Gasteiger partial charge in [0.05, 0.1) is 24.4 Å². The summed E-state index contributed by atoms with van der Waals surface area (Å²) in [4.78, 5) is 2.84. The molecule has 5 heteroatoms. The first-order valence-corrected chi connectivity index (χ1v) is 8.38. The summed E-state index contributed by atoms with van der Waals surface area (Å²) in [5, 5.41) is 3.76. The Morgan fingerprint density at radius 1 is 0.864 bits per heavy atom. The van der Waals surface area contributed by atoms with Gasteiger partial charge >= 0.3 is 0 Å². The molecule has 2 aliphatic rings. The average molecular weight is 311 g/mol. The van der Waals surface area contributed by atoms with Crippen LogP contribution in [0.2, 0.25) is 0 Å². The summed E-state index contributed by atoms with van der Waals surface area (Å²) in [5.74, 6) is 1.91. The lowest BCUT2D eigenvalue weighted by molar-refractivity contribution is -0.0944. The predicted octanol–water partition coefficient (Wildman–Crippen LogP) is 4.96. The van der Waals surface area contributed by atoms with Crippen LogP contribution in [0.4, 0.5) is 0 Å². The van der Waals surface area contributed by atoms with E-state index >= 15 is 0 Å². The molecule has 0 N–H and O–H groups in total. The van der Waals surface area contributed by atoms with Crippen LogP contribution in [0.1, 0.15) is 61.3 Å². The number of hydrogen-bond acceptors (Lipinski definition) is 3.